The standard InChI is InChI=1S/C11H12N4O4/c1-14-4-2-7(13-14)3-5-15-6-8(10(17)18)9(16)12-11(15)19/h2,4,6H,3,5H2,1H3,(H,17,18)(H,12,16,19). The zero-order valence-electron chi connectivity index (χ0n) is 10.2. The SMILES string of the molecule is Cn1ccc(CCn2cc(C(=O)O)c(=O)[nH]c2=O)n1. The molecule has 0 amide bonds. The van der Waals surface area contributed by atoms with E-state index in [9.17, 15) is 14.4 Å². The molecule has 0 aliphatic heterocycles. The quantitative estimate of drug-likeness (QED) is 0.752. The van der Waals surface area contributed by atoms with Crippen molar-refractivity contribution in [1.82, 2.24) is 19.3 Å². The van der Waals surface area contributed by atoms with Gasteiger partial charge in [-0.2, -0.15) is 5.10 Å². The van der Waals surface area contributed by atoms with E-state index in [4.69, 9.17) is 5.11 Å². The van der Waals surface area contributed by atoms with E-state index in [1.807, 2.05) is 4.98 Å². The molecule has 100 valence electrons. The Morgan fingerprint density at radius 2 is 2.21 bits per heavy atom. The van der Waals surface area contributed by atoms with Crippen LogP contribution in [-0.4, -0.2) is 30.4 Å². The highest BCUT2D eigenvalue weighted by Crippen LogP contribution is 1.97. The molecule has 8 heteroatoms. The number of hydrogen-bond donors (Lipinski definition) is 2. The van der Waals surface area contributed by atoms with Gasteiger partial charge in [-0.3, -0.25) is 19.0 Å². The minimum atomic E-state index is -1.37. The van der Waals surface area contributed by atoms with Crippen molar-refractivity contribution in [2.24, 2.45) is 7.05 Å². The normalized spacial score (nSPS) is 10.6. The lowest BCUT2D eigenvalue weighted by atomic mass is 10.3. The van der Waals surface area contributed by atoms with Crippen molar-refractivity contribution in [2.45, 2.75) is 13.0 Å². The number of carboxylic acid groups (broad SMARTS) is 1. The molecule has 2 rings (SSSR count). The predicted molar refractivity (Wildman–Crippen MR) is 65.2 cm³/mol. The number of nitrogens with one attached hydrogen (secondary N) is 1. The van der Waals surface area contributed by atoms with E-state index in [1.165, 1.54) is 0 Å². The lowest BCUT2D eigenvalue weighted by Gasteiger charge is -2.04. The molecule has 19 heavy (non-hydrogen) atoms. The van der Waals surface area contributed by atoms with Crippen molar-refractivity contribution in [2.75, 3.05) is 0 Å². The van der Waals surface area contributed by atoms with Crippen LogP contribution >= 0.6 is 0 Å². The third kappa shape index (κ3) is 2.79. The maximum atomic E-state index is 11.5. The lowest BCUT2D eigenvalue weighted by Crippen LogP contribution is -2.33. The number of aryl methyl sites for hydroxylation is 3. The van der Waals surface area contributed by atoms with Gasteiger partial charge in [-0.1, -0.05) is 0 Å². The smallest absolute Gasteiger partial charge is 0.342 e. The van der Waals surface area contributed by atoms with Gasteiger partial charge in [-0.25, -0.2) is 9.59 Å². The summed E-state index contributed by atoms with van der Waals surface area (Å²) in [7, 11) is 1.78. The van der Waals surface area contributed by atoms with E-state index in [1.54, 1.807) is 24.0 Å². The molecule has 0 bridgehead atoms. The van der Waals surface area contributed by atoms with Crippen molar-refractivity contribution in [3.05, 3.63) is 50.6 Å². The third-order valence-electron chi connectivity index (χ3n) is 2.62. The first-order valence-corrected chi connectivity index (χ1v) is 5.53. The number of carbonyl (C=O) groups is 1. The summed E-state index contributed by atoms with van der Waals surface area (Å²) in [5.41, 5.74) is -1.21. The van der Waals surface area contributed by atoms with Gasteiger partial charge in [0.2, 0.25) is 0 Å². The summed E-state index contributed by atoms with van der Waals surface area (Å²) in [5.74, 6) is -1.37. The zero-order chi connectivity index (χ0) is 14.0. The summed E-state index contributed by atoms with van der Waals surface area (Å²) in [6.45, 7) is 0.243. The summed E-state index contributed by atoms with van der Waals surface area (Å²) in [6.07, 6.45) is 3.28. The molecule has 0 fully saturated rings. The fourth-order valence-electron chi connectivity index (χ4n) is 1.66. The van der Waals surface area contributed by atoms with Crippen LogP contribution in [0.4, 0.5) is 0 Å². The van der Waals surface area contributed by atoms with E-state index < -0.39 is 22.8 Å². The van der Waals surface area contributed by atoms with E-state index in [2.05, 4.69) is 5.10 Å². The highest BCUT2D eigenvalue weighted by molar-refractivity contribution is 5.86. The first-order chi connectivity index (χ1) is 8.97. The molecule has 0 spiro atoms. The Labute approximate surface area is 106 Å². The summed E-state index contributed by atoms with van der Waals surface area (Å²) >= 11 is 0. The molecule has 0 saturated heterocycles. The first-order valence-electron chi connectivity index (χ1n) is 5.53. The van der Waals surface area contributed by atoms with Crippen LogP contribution in [0.25, 0.3) is 0 Å². The second-order valence-electron chi connectivity index (χ2n) is 4.03. The Bertz CT molecular complexity index is 725. The largest absolute Gasteiger partial charge is 0.477 e. The lowest BCUT2D eigenvalue weighted by molar-refractivity contribution is 0.0693. The van der Waals surface area contributed by atoms with Crippen LogP contribution in [0.1, 0.15) is 16.1 Å². The maximum Gasteiger partial charge on any atom is 0.342 e. The van der Waals surface area contributed by atoms with E-state index in [0.717, 1.165) is 16.5 Å². The van der Waals surface area contributed by atoms with Crippen LogP contribution in [0.2, 0.25) is 0 Å². The van der Waals surface area contributed by atoms with Crippen LogP contribution in [0, 0.1) is 0 Å². The van der Waals surface area contributed by atoms with Crippen molar-refractivity contribution >= 4 is 5.97 Å². The number of rotatable bonds is 4. The number of aromatic amines is 1. The minimum Gasteiger partial charge on any atom is -0.477 e. The van der Waals surface area contributed by atoms with Crippen LogP contribution in [-0.2, 0) is 20.0 Å². The topological polar surface area (TPSA) is 110 Å². The number of nitrogens with zero attached hydrogens (tertiary/aromatic N) is 3. The average molecular weight is 264 g/mol. The summed E-state index contributed by atoms with van der Waals surface area (Å²) in [5, 5.41) is 13.0. The molecule has 0 aliphatic rings. The number of carboxylic acids is 1. The van der Waals surface area contributed by atoms with E-state index >= 15 is 0 Å². The third-order valence-corrected chi connectivity index (χ3v) is 2.62. The molecule has 8 nitrogen and oxygen atoms in total. The van der Waals surface area contributed by atoms with Crippen LogP contribution in [0.3, 0.4) is 0 Å². The maximum absolute atomic E-state index is 11.5. The molecule has 0 aromatic carbocycles. The van der Waals surface area contributed by atoms with Gasteiger partial charge >= 0.3 is 11.7 Å². The fraction of sp³-hybridized carbons (Fsp3) is 0.273. The molecule has 2 aromatic heterocycles. The molecular weight excluding hydrogens is 252 g/mol. The number of hydrogen-bond acceptors (Lipinski definition) is 4. The molecule has 0 unspecified atom stereocenters. The van der Waals surface area contributed by atoms with Gasteiger partial charge in [0.05, 0.1) is 5.69 Å². The van der Waals surface area contributed by atoms with Crippen LogP contribution in [0.5, 0.6) is 0 Å². The zero-order valence-corrected chi connectivity index (χ0v) is 10.2. The van der Waals surface area contributed by atoms with Crippen molar-refractivity contribution < 1.29 is 9.90 Å². The molecule has 2 N–H and O–H groups in total. The van der Waals surface area contributed by atoms with Crippen molar-refractivity contribution in [3.63, 3.8) is 0 Å². The van der Waals surface area contributed by atoms with Gasteiger partial charge in [-0.05, 0) is 6.07 Å². The van der Waals surface area contributed by atoms with Gasteiger partial charge < -0.3 is 5.11 Å². The molecule has 0 aliphatic carbocycles. The summed E-state index contributed by atoms with van der Waals surface area (Å²) in [4.78, 5) is 35.6. The molecular formula is C11H12N4O4. The van der Waals surface area contributed by atoms with Gasteiger partial charge in [0, 0.05) is 32.4 Å². The van der Waals surface area contributed by atoms with Gasteiger partial charge in [0.25, 0.3) is 5.56 Å². The second kappa shape index (κ2) is 4.92. The Hall–Kier alpha value is -2.64. The second-order valence-corrected chi connectivity index (χ2v) is 4.03. The fourth-order valence-corrected chi connectivity index (χ4v) is 1.66. The Kier molecular flexibility index (Phi) is 3.32. The number of aromatic nitrogens is 4. The summed E-state index contributed by atoms with van der Waals surface area (Å²) in [6, 6.07) is 1.80. The molecule has 2 aromatic rings. The highest BCUT2D eigenvalue weighted by atomic mass is 16.4. The van der Waals surface area contributed by atoms with E-state index in [-0.39, 0.29) is 6.54 Å². The Morgan fingerprint density at radius 1 is 1.47 bits per heavy atom. The number of H-pyrrole nitrogens is 1. The van der Waals surface area contributed by atoms with Gasteiger partial charge in [0.1, 0.15) is 5.56 Å². The number of aromatic carboxylic acids is 1. The molecule has 0 saturated carbocycles. The first kappa shape index (κ1) is 12.8. The Balaban J connectivity index is 2.25. The predicted octanol–water partition coefficient (Wildman–Crippen LogP) is -0.789. The van der Waals surface area contributed by atoms with Crippen molar-refractivity contribution in [3.8, 4) is 0 Å². The molecule has 0 atom stereocenters. The molecule has 2 heterocycles. The van der Waals surface area contributed by atoms with Crippen LogP contribution < -0.4 is 11.2 Å². The van der Waals surface area contributed by atoms with Crippen LogP contribution in [0.15, 0.2) is 28.0 Å². The van der Waals surface area contributed by atoms with E-state index in [0.29, 0.717) is 6.42 Å². The van der Waals surface area contributed by atoms with Crippen molar-refractivity contribution in [1.29, 1.82) is 0 Å². The highest BCUT2D eigenvalue weighted by Gasteiger charge is 2.11. The summed E-state index contributed by atoms with van der Waals surface area (Å²) < 4.78 is 2.78. The minimum absolute atomic E-state index is 0.243. The molecule has 0 radical (unpaired) electrons. The average Bonchev–Trinajstić information content (AvgIpc) is 2.73. The van der Waals surface area contributed by atoms with Gasteiger partial charge in [-0.15, -0.1) is 0 Å². The monoisotopic (exact) mass is 264 g/mol. The Morgan fingerprint density at radius 3 is 2.79 bits per heavy atom. The van der Waals surface area contributed by atoms with Gasteiger partial charge in [0.15, 0.2) is 0 Å².